The van der Waals surface area contributed by atoms with E-state index in [2.05, 4.69) is 11.2 Å². The predicted octanol–water partition coefficient (Wildman–Crippen LogP) is 1.48. The second-order valence-corrected chi connectivity index (χ2v) is 4.44. The summed E-state index contributed by atoms with van der Waals surface area (Å²) in [5.41, 5.74) is 0.572. The van der Waals surface area contributed by atoms with E-state index in [1.54, 1.807) is 18.2 Å². The van der Waals surface area contributed by atoms with Crippen molar-refractivity contribution in [3.05, 3.63) is 28.8 Å². The van der Waals surface area contributed by atoms with E-state index in [9.17, 15) is 9.59 Å². The van der Waals surface area contributed by atoms with Crippen LogP contribution in [0.4, 0.5) is 0 Å². The molecule has 106 valence electrons. The zero-order chi connectivity index (χ0) is 15.1. The van der Waals surface area contributed by atoms with Crippen molar-refractivity contribution in [2.75, 3.05) is 7.11 Å². The lowest BCUT2D eigenvalue weighted by atomic mass is 10.1. The molecule has 0 saturated carbocycles. The van der Waals surface area contributed by atoms with E-state index in [4.69, 9.17) is 27.9 Å². The average molecular weight is 296 g/mol. The van der Waals surface area contributed by atoms with Crippen molar-refractivity contribution >= 4 is 23.5 Å². The Labute approximate surface area is 121 Å². The molecule has 0 aliphatic carbocycles. The average Bonchev–Trinajstić information content (AvgIpc) is 2.38. The molecule has 0 aliphatic heterocycles. The fourth-order valence-corrected chi connectivity index (χ4v) is 1.82. The molecule has 1 unspecified atom stereocenters. The Kier molecular flexibility index (Phi) is 5.88. The maximum atomic E-state index is 11.8. The van der Waals surface area contributed by atoms with Crippen LogP contribution in [0.25, 0.3) is 0 Å². The molecule has 0 aliphatic rings. The number of carboxylic acid groups (broad SMARTS) is 1. The minimum absolute atomic E-state index is 0.0436. The molecular formula is C14H14ClNO4. The molecule has 1 aromatic carbocycles. The minimum atomic E-state index is -1.17. The molecule has 1 rings (SSSR count). The lowest BCUT2D eigenvalue weighted by molar-refractivity contribution is -0.141. The molecule has 0 aromatic heterocycles. The molecule has 0 saturated heterocycles. The molecule has 1 aromatic rings. The van der Waals surface area contributed by atoms with Gasteiger partial charge in [-0.15, -0.1) is 12.3 Å². The smallest absolute Gasteiger partial charge is 0.327 e. The molecule has 2 N–H and O–H groups in total. The summed E-state index contributed by atoms with van der Waals surface area (Å²) in [6.07, 6.45) is 4.94. The van der Waals surface area contributed by atoms with Gasteiger partial charge >= 0.3 is 5.97 Å². The number of nitrogens with one attached hydrogen (secondary N) is 1. The van der Waals surface area contributed by atoms with Gasteiger partial charge in [0.2, 0.25) is 5.91 Å². The number of hydrogen-bond acceptors (Lipinski definition) is 3. The molecule has 0 heterocycles. The van der Waals surface area contributed by atoms with Gasteiger partial charge in [-0.2, -0.15) is 0 Å². The van der Waals surface area contributed by atoms with Crippen LogP contribution in [-0.4, -0.2) is 30.1 Å². The Hall–Kier alpha value is -2.19. The molecule has 5 nitrogen and oxygen atoms in total. The van der Waals surface area contributed by atoms with E-state index in [-0.39, 0.29) is 12.8 Å². The van der Waals surface area contributed by atoms with Crippen LogP contribution in [-0.2, 0) is 16.0 Å². The zero-order valence-corrected chi connectivity index (χ0v) is 11.6. The number of hydrogen-bond donors (Lipinski definition) is 2. The monoisotopic (exact) mass is 295 g/mol. The summed E-state index contributed by atoms with van der Waals surface area (Å²) in [6.45, 7) is 0. The van der Waals surface area contributed by atoms with Gasteiger partial charge in [-0.25, -0.2) is 4.79 Å². The molecule has 0 bridgehead atoms. The number of carboxylic acids is 1. The van der Waals surface area contributed by atoms with Crippen LogP contribution in [0, 0.1) is 12.3 Å². The third kappa shape index (κ3) is 4.48. The summed E-state index contributed by atoms with van der Waals surface area (Å²) < 4.78 is 5.11. The highest BCUT2D eigenvalue weighted by molar-refractivity contribution is 6.30. The number of amides is 1. The summed E-state index contributed by atoms with van der Waals surface area (Å²) in [5.74, 6) is 1.08. The molecule has 0 spiro atoms. The SMILES string of the molecule is C#CCC(NC(=O)Cc1cc(Cl)ccc1OC)C(=O)O. The molecule has 0 radical (unpaired) electrons. The van der Waals surface area contributed by atoms with Gasteiger partial charge in [-0.1, -0.05) is 11.6 Å². The van der Waals surface area contributed by atoms with E-state index in [1.165, 1.54) is 7.11 Å². The number of carbonyl (C=O) groups is 2. The number of halogens is 1. The summed E-state index contributed by atoms with van der Waals surface area (Å²) in [4.78, 5) is 22.7. The maximum Gasteiger partial charge on any atom is 0.327 e. The van der Waals surface area contributed by atoms with Gasteiger partial charge in [0.25, 0.3) is 0 Å². The summed E-state index contributed by atoms with van der Waals surface area (Å²) >= 11 is 5.86. The van der Waals surface area contributed by atoms with Gasteiger partial charge in [0.05, 0.1) is 13.5 Å². The highest BCUT2D eigenvalue weighted by Crippen LogP contribution is 2.23. The molecule has 1 amide bonds. The van der Waals surface area contributed by atoms with Crippen molar-refractivity contribution < 1.29 is 19.4 Å². The first kappa shape index (κ1) is 15.9. The summed E-state index contributed by atoms with van der Waals surface area (Å²) in [5, 5.41) is 11.7. The van der Waals surface area contributed by atoms with Gasteiger partial charge in [0.1, 0.15) is 11.8 Å². The molecule has 0 fully saturated rings. The highest BCUT2D eigenvalue weighted by atomic mass is 35.5. The predicted molar refractivity (Wildman–Crippen MR) is 74.7 cm³/mol. The van der Waals surface area contributed by atoms with E-state index >= 15 is 0 Å². The van der Waals surface area contributed by atoms with Crippen molar-refractivity contribution in [1.29, 1.82) is 0 Å². The molecule has 1 atom stereocenters. The summed E-state index contributed by atoms with van der Waals surface area (Å²) in [7, 11) is 1.48. The molecule has 20 heavy (non-hydrogen) atoms. The highest BCUT2D eigenvalue weighted by Gasteiger charge is 2.19. The Morgan fingerprint density at radius 2 is 2.25 bits per heavy atom. The van der Waals surface area contributed by atoms with Crippen LogP contribution in [0.15, 0.2) is 18.2 Å². The van der Waals surface area contributed by atoms with E-state index in [1.807, 2.05) is 0 Å². The number of ether oxygens (including phenoxy) is 1. The third-order valence-electron chi connectivity index (χ3n) is 2.55. The summed E-state index contributed by atoms with van der Waals surface area (Å²) in [6, 6.07) is 3.77. The van der Waals surface area contributed by atoms with Crippen LogP contribution in [0.2, 0.25) is 5.02 Å². The minimum Gasteiger partial charge on any atom is -0.496 e. The fourth-order valence-electron chi connectivity index (χ4n) is 1.62. The van der Waals surface area contributed by atoms with Crippen LogP contribution >= 0.6 is 11.6 Å². The van der Waals surface area contributed by atoms with Crippen LogP contribution < -0.4 is 10.1 Å². The number of terminal acetylenes is 1. The maximum absolute atomic E-state index is 11.8. The number of rotatable bonds is 6. The topological polar surface area (TPSA) is 75.6 Å². The van der Waals surface area contributed by atoms with Crippen molar-refractivity contribution in [3.8, 4) is 18.1 Å². The van der Waals surface area contributed by atoms with Gasteiger partial charge < -0.3 is 15.2 Å². The third-order valence-corrected chi connectivity index (χ3v) is 2.78. The van der Waals surface area contributed by atoms with Crippen LogP contribution in [0.1, 0.15) is 12.0 Å². The van der Waals surface area contributed by atoms with Gasteiger partial charge in [-0.05, 0) is 18.2 Å². The Morgan fingerprint density at radius 3 is 2.80 bits per heavy atom. The standard InChI is InChI=1S/C14H14ClNO4/c1-3-4-11(14(18)19)16-13(17)8-9-7-10(15)5-6-12(9)20-2/h1,5-7,11H,4,8H2,2H3,(H,16,17)(H,18,19). The Balaban J connectivity index is 2.78. The van der Waals surface area contributed by atoms with Crippen molar-refractivity contribution in [2.24, 2.45) is 0 Å². The largest absolute Gasteiger partial charge is 0.496 e. The molecule has 6 heteroatoms. The lowest BCUT2D eigenvalue weighted by Gasteiger charge is -2.13. The fraction of sp³-hybridized carbons (Fsp3) is 0.286. The number of aliphatic carboxylic acids is 1. The van der Waals surface area contributed by atoms with Gasteiger partial charge in [0, 0.05) is 17.0 Å². The second kappa shape index (κ2) is 7.41. The lowest BCUT2D eigenvalue weighted by Crippen LogP contribution is -2.41. The number of carbonyl (C=O) groups excluding carboxylic acids is 1. The van der Waals surface area contributed by atoms with Crippen molar-refractivity contribution in [1.82, 2.24) is 5.32 Å². The van der Waals surface area contributed by atoms with E-state index in [0.29, 0.717) is 16.3 Å². The van der Waals surface area contributed by atoms with E-state index < -0.39 is 17.9 Å². The zero-order valence-electron chi connectivity index (χ0n) is 10.9. The Bertz CT molecular complexity index is 551. The first-order chi connectivity index (χ1) is 9.47. The number of methoxy groups -OCH3 is 1. The van der Waals surface area contributed by atoms with Crippen molar-refractivity contribution in [3.63, 3.8) is 0 Å². The van der Waals surface area contributed by atoms with Gasteiger partial charge in [-0.3, -0.25) is 4.79 Å². The van der Waals surface area contributed by atoms with Crippen LogP contribution in [0.3, 0.4) is 0 Å². The number of benzene rings is 1. The quantitative estimate of drug-likeness (QED) is 0.780. The van der Waals surface area contributed by atoms with Crippen molar-refractivity contribution in [2.45, 2.75) is 18.9 Å². The normalized spacial score (nSPS) is 11.2. The molecular weight excluding hydrogens is 282 g/mol. The van der Waals surface area contributed by atoms with Crippen LogP contribution in [0.5, 0.6) is 5.75 Å². The van der Waals surface area contributed by atoms with Gasteiger partial charge in [0.15, 0.2) is 0 Å². The Morgan fingerprint density at radius 1 is 1.55 bits per heavy atom. The first-order valence-electron chi connectivity index (χ1n) is 5.76. The first-order valence-corrected chi connectivity index (χ1v) is 6.13. The van der Waals surface area contributed by atoms with E-state index in [0.717, 1.165) is 0 Å². The second-order valence-electron chi connectivity index (χ2n) is 4.00.